The van der Waals surface area contributed by atoms with E-state index in [4.69, 9.17) is 4.74 Å². The molecule has 0 unspecified atom stereocenters. The topological polar surface area (TPSA) is 90.8 Å². The van der Waals surface area contributed by atoms with Crippen molar-refractivity contribution in [2.45, 2.75) is 76.9 Å². The number of carbonyl (C=O) groups excluding carboxylic acids is 1. The first kappa shape index (κ1) is 28.8. The number of aliphatic hydroxyl groups is 1. The largest absolute Gasteiger partial charge is 0.444 e. The molecule has 2 aromatic rings. The van der Waals surface area contributed by atoms with Gasteiger partial charge in [-0.15, -0.1) is 0 Å². The average molecular weight is 554 g/mol. The van der Waals surface area contributed by atoms with Crippen molar-refractivity contribution in [3.05, 3.63) is 47.5 Å². The van der Waals surface area contributed by atoms with Gasteiger partial charge in [-0.2, -0.15) is 17.6 Å². The van der Waals surface area contributed by atoms with Gasteiger partial charge in [0.15, 0.2) is 11.6 Å². The average Bonchev–Trinajstić information content (AvgIpc) is 3.66. The highest BCUT2D eigenvalue weighted by Crippen LogP contribution is 2.36. The molecule has 2 atom stereocenters. The van der Waals surface area contributed by atoms with Crippen LogP contribution in [0.15, 0.2) is 30.6 Å². The first-order valence-corrected chi connectivity index (χ1v) is 13.0. The Labute approximate surface area is 225 Å². The molecule has 1 aromatic heterocycles. The lowest BCUT2D eigenvalue weighted by Crippen LogP contribution is -2.56. The molecule has 2 heterocycles. The van der Waals surface area contributed by atoms with Crippen LogP contribution >= 0.6 is 0 Å². The first-order chi connectivity index (χ1) is 18.1. The summed E-state index contributed by atoms with van der Waals surface area (Å²) in [5.41, 5.74) is -2.02. The van der Waals surface area contributed by atoms with E-state index >= 15 is 4.39 Å². The molecule has 39 heavy (non-hydrogen) atoms. The second-order valence-corrected chi connectivity index (χ2v) is 11.5. The quantitative estimate of drug-likeness (QED) is 0.454. The van der Waals surface area contributed by atoms with Crippen molar-refractivity contribution < 1.29 is 32.2 Å². The molecule has 8 nitrogen and oxygen atoms in total. The zero-order valence-corrected chi connectivity index (χ0v) is 22.6. The van der Waals surface area contributed by atoms with Gasteiger partial charge in [0.25, 0.3) is 0 Å². The van der Waals surface area contributed by atoms with Gasteiger partial charge in [0, 0.05) is 31.6 Å². The monoisotopic (exact) mass is 553 g/mol. The number of nitrogens with one attached hydrogen (secondary N) is 1. The van der Waals surface area contributed by atoms with Crippen LogP contribution in [-0.4, -0.2) is 62.9 Å². The molecule has 1 amide bonds. The predicted octanol–water partition coefficient (Wildman–Crippen LogP) is 5.22. The molecule has 0 bridgehead atoms. The number of hydrogen-bond acceptors (Lipinski definition) is 7. The Kier molecular flexibility index (Phi) is 7.98. The van der Waals surface area contributed by atoms with Gasteiger partial charge >= 0.3 is 12.3 Å². The number of likely N-dealkylation sites (tertiary alicyclic amines) is 1. The van der Waals surface area contributed by atoms with Crippen molar-refractivity contribution in [1.82, 2.24) is 14.9 Å². The molecule has 2 N–H and O–H groups in total. The van der Waals surface area contributed by atoms with Crippen molar-refractivity contribution in [1.29, 1.82) is 0 Å². The van der Waals surface area contributed by atoms with Crippen LogP contribution in [0.1, 0.15) is 58.1 Å². The van der Waals surface area contributed by atoms with E-state index in [9.17, 15) is 23.1 Å². The zero-order chi connectivity index (χ0) is 28.6. The maximum atomic E-state index is 15.6. The number of benzene rings is 1. The molecule has 1 aromatic carbocycles. The molecule has 0 spiro atoms. The lowest BCUT2D eigenvalue weighted by atomic mass is 9.82. The Hall–Kier alpha value is -3.15. The molecule has 1 saturated heterocycles. The molecule has 2 aliphatic rings. The van der Waals surface area contributed by atoms with Crippen molar-refractivity contribution in [3.63, 3.8) is 0 Å². The van der Waals surface area contributed by atoms with Crippen LogP contribution in [0.2, 0.25) is 0 Å². The fourth-order valence-electron chi connectivity index (χ4n) is 4.68. The highest BCUT2D eigenvalue weighted by molar-refractivity contribution is 5.68. The maximum Gasteiger partial charge on any atom is 0.416 e. The smallest absolute Gasteiger partial charge is 0.416 e. The Balaban J connectivity index is 1.42. The highest BCUT2D eigenvalue weighted by Gasteiger charge is 2.41. The van der Waals surface area contributed by atoms with Gasteiger partial charge in [-0.3, -0.25) is 0 Å². The van der Waals surface area contributed by atoms with Gasteiger partial charge in [-0.05, 0) is 64.7 Å². The fourth-order valence-corrected chi connectivity index (χ4v) is 4.68. The second kappa shape index (κ2) is 10.8. The molecule has 2 fully saturated rings. The minimum atomic E-state index is -4.43. The number of ether oxygens (including phenoxy) is 1. The van der Waals surface area contributed by atoms with Crippen molar-refractivity contribution >= 4 is 17.7 Å². The maximum absolute atomic E-state index is 15.6. The summed E-state index contributed by atoms with van der Waals surface area (Å²) in [7, 11) is 0. The van der Waals surface area contributed by atoms with E-state index in [1.165, 1.54) is 23.4 Å². The number of hydrogen-bond donors (Lipinski definition) is 2. The fraction of sp³-hybridized carbons (Fsp3) is 0.593. The SMILES string of the molecule is CC(C)(C)OC(=O)N1CC[C@@H](CNc2ncnc(N(Cc3ccc(C(F)(F)F)cc3)C3CC3)c2F)[C@@](C)(O)C1. The van der Waals surface area contributed by atoms with Crippen molar-refractivity contribution in [2.75, 3.05) is 29.9 Å². The molecular weight excluding hydrogens is 518 g/mol. The van der Waals surface area contributed by atoms with Crippen LogP contribution in [0.3, 0.4) is 0 Å². The molecular formula is C27H35F4N5O3. The molecule has 12 heteroatoms. The number of rotatable bonds is 7. The van der Waals surface area contributed by atoms with E-state index < -0.39 is 34.9 Å². The normalized spacial score (nSPS) is 22.0. The first-order valence-electron chi connectivity index (χ1n) is 13.0. The van der Waals surface area contributed by atoms with Crippen LogP contribution in [0.4, 0.5) is 34.0 Å². The predicted molar refractivity (Wildman–Crippen MR) is 138 cm³/mol. The van der Waals surface area contributed by atoms with Crippen molar-refractivity contribution in [2.24, 2.45) is 5.92 Å². The van der Waals surface area contributed by atoms with Gasteiger partial charge in [0.1, 0.15) is 11.9 Å². The summed E-state index contributed by atoms with van der Waals surface area (Å²) in [6.07, 6.45) is -1.55. The minimum Gasteiger partial charge on any atom is -0.444 e. The van der Waals surface area contributed by atoms with Crippen LogP contribution in [0, 0.1) is 11.7 Å². The summed E-state index contributed by atoms with van der Waals surface area (Å²) in [5, 5.41) is 14.1. The number of nitrogens with zero attached hydrogens (tertiary/aromatic N) is 4. The highest BCUT2D eigenvalue weighted by atomic mass is 19.4. The Bertz CT molecular complexity index is 1160. The van der Waals surface area contributed by atoms with E-state index in [1.807, 2.05) is 0 Å². The van der Waals surface area contributed by atoms with E-state index in [0.717, 1.165) is 25.0 Å². The Morgan fingerprint density at radius 2 is 1.85 bits per heavy atom. The standard InChI is InChI=1S/C27H35F4N5O3/c1-25(2,3)39-24(37)35-12-11-19(26(4,38)15-35)13-32-22-21(28)23(34-16-33-22)36(20-9-10-20)14-17-5-7-18(8-6-17)27(29,30)31/h5-8,16,19-20,38H,9-15H2,1-4H3,(H,32,33,34)/t19-,26-/m0/s1. The number of piperidine rings is 1. The lowest BCUT2D eigenvalue weighted by molar-refractivity contribution is -0.137. The van der Waals surface area contributed by atoms with Crippen molar-refractivity contribution in [3.8, 4) is 0 Å². The third kappa shape index (κ3) is 7.28. The summed E-state index contributed by atoms with van der Waals surface area (Å²) in [5.74, 6) is -0.910. The third-order valence-corrected chi connectivity index (χ3v) is 6.97. The summed E-state index contributed by atoms with van der Waals surface area (Å²) in [6.45, 7) is 7.84. The number of anilines is 2. The molecule has 1 saturated carbocycles. The summed E-state index contributed by atoms with van der Waals surface area (Å²) in [4.78, 5) is 23.9. The molecule has 1 aliphatic carbocycles. The van der Waals surface area contributed by atoms with E-state index in [-0.39, 0.29) is 43.2 Å². The number of alkyl halides is 3. The van der Waals surface area contributed by atoms with E-state index in [0.29, 0.717) is 18.5 Å². The minimum absolute atomic E-state index is 0.0246. The number of amides is 1. The Morgan fingerprint density at radius 1 is 1.18 bits per heavy atom. The summed E-state index contributed by atoms with van der Waals surface area (Å²) < 4.78 is 59.8. The lowest BCUT2D eigenvalue weighted by Gasteiger charge is -2.43. The van der Waals surface area contributed by atoms with E-state index in [1.54, 1.807) is 32.6 Å². The molecule has 214 valence electrons. The van der Waals surface area contributed by atoms with Gasteiger partial charge in [-0.25, -0.2) is 14.8 Å². The van der Waals surface area contributed by atoms with Gasteiger partial charge in [0.05, 0.1) is 17.7 Å². The summed E-state index contributed by atoms with van der Waals surface area (Å²) >= 11 is 0. The molecule has 0 radical (unpaired) electrons. The molecule has 1 aliphatic heterocycles. The molecule has 4 rings (SSSR count). The van der Waals surface area contributed by atoms with Crippen LogP contribution in [-0.2, 0) is 17.5 Å². The number of β-amino-alcohol motifs (C(OH)–C–C–N with tert-alkyl or cyclic N) is 1. The van der Waals surface area contributed by atoms with Crippen LogP contribution in [0.5, 0.6) is 0 Å². The number of halogens is 4. The van der Waals surface area contributed by atoms with Gasteiger partial charge in [0.2, 0.25) is 5.82 Å². The van der Waals surface area contributed by atoms with Crippen LogP contribution < -0.4 is 10.2 Å². The van der Waals surface area contributed by atoms with Gasteiger partial charge in [-0.1, -0.05) is 12.1 Å². The summed E-state index contributed by atoms with van der Waals surface area (Å²) in [6, 6.07) is 4.85. The number of aromatic nitrogens is 2. The zero-order valence-electron chi connectivity index (χ0n) is 22.6. The van der Waals surface area contributed by atoms with Crippen LogP contribution in [0.25, 0.3) is 0 Å². The van der Waals surface area contributed by atoms with Gasteiger partial charge < -0.3 is 25.0 Å². The second-order valence-electron chi connectivity index (χ2n) is 11.5. The third-order valence-electron chi connectivity index (χ3n) is 6.97. The Morgan fingerprint density at radius 3 is 2.41 bits per heavy atom. The van der Waals surface area contributed by atoms with E-state index in [2.05, 4.69) is 15.3 Å². The number of carbonyl (C=O) groups is 1.